The van der Waals surface area contributed by atoms with Gasteiger partial charge in [0, 0.05) is 20.5 Å². The molecule has 1 unspecified atom stereocenters. The average molecular weight is 324 g/mol. The van der Waals surface area contributed by atoms with Crippen molar-refractivity contribution in [3.63, 3.8) is 0 Å². The molecule has 1 atom stereocenters. The van der Waals surface area contributed by atoms with E-state index in [0.29, 0.717) is 11.6 Å². The van der Waals surface area contributed by atoms with Crippen molar-refractivity contribution in [3.8, 4) is 0 Å². The maximum absolute atomic E-state index is 12.3. The van der Waals surface area contributed by atoms with Gasteiger partial charge in [-0.25, -0.2) is 4.79 Å². The fourth-order valence-electron chi connectivity index (χ4n) is 2.17. The zero-order valence-electron chi connectivity index (χ0n) is 12.3. The summed E-state index contributed by atoms with van der Waals surface area (Å²) in [6, 6.07) is 8.83. The van der Waals surface area contributed by atoms with Crippen LogP contribution in [0.3, 0.4) is 0 Å². The van der Waals surface area contributed by atoms with E-state index in [1.165, 1.54) is 4.88 Å². The number of anilines is 1. The van der Waals surface area contributed by atoms with Gasteiger partial charge in [-0.15, -0.1) is 11.3 Å². The van der Waals surface area contributed by atoms with Gasteiger partial charge in [0.1, 0.15) is 0 Å². The summed E-state index contributed by atoms with van der Waals surface area (Å²) in [6.45, 7) is 6.20. The molecule has 3 nitrogen and oxygen atoms in total. The number of halogens is 1. The quantitative estimate of drug-likeness (QED) is 0.808. The van der Waals surface area contributed by atoms with Crippen molar-refractivity contribution in [2.24, 2.45) is 0 Å². The van der Waals surface area contributed by atoms with E-state index in [9.17, 15) is 4.79 Å². The van der Waals surface area contributed by atoms with Crippen molar-refractivity contribution < 1.29 is 9.53 Å². The first kappa shape index (κ1) is 15.9. The molecule has 0 amide bonds. The van der Waals surface area contributed by atoms with Crippen LogP contribution in [0.5, 0.6) is 0 Å². The maximum Gasteiger partial charge on any atom is 0.333 e. The summed E-state index contributed by atoms with van der Waals surface area (Å²) in [7, 11) is 0. The van der Waals surface area contributed by atoms with Crippen LogP contribution in [0.2, 0.25) is 5.02 Å². The smallest absolute Gasteiger partial charge is 0.333 e. The Labute approximate surface area is 133 Å². The van der Waals surface area contributed by atoms with Crippen molar-refractivity contribution in [3.05, 3.63) is 50.7 Å². The van der Waals surface area contributed by atoms with Gasteiger partial charge in [-0.05, 0) is 50.6 Å². The van der Waals surface area contributed by atoms with Gasteiger partial charge in [0.05, 0.1) is 6.61 Å². The maximum atomic E-state index is 12.3. The highest BCUT2D eigenvalue weighted by atomic mass is 35.5. The first-order valence-electron chi connectivity index (χ1n) is 6.77. The first-order chi connectivity index (χ1) is 10.0. The summed E-state index contributed by atoms with van der Waals surface area (Å²) < 4.78 is 5.20. The molecule has 0 saturated heterocycles. The number of thiophene rings is 1. The molecule has 112 valence electrons. The molecule has 21 heavy (non-hydrogen) atoms. The zero-order chi connectivity index (χ0) is 15.4. The standard InChI is InChI=1S/C16H18ClNO2S/c1-4-20-16(19)15(14-8-10(2)21-11(14)3)18-13-7-5-6-12(17)9-13/h5-9,15,18H,4H2,1-3H3. The normalized spacial score (nSPS) is 12.0. The van der Waals surface area contributed by atoms with Crippen LogP contribution < -0.4 is 5.32 Å². The SMILES string of the molecule is CCOC(=O)C(Nc1cccc(Cl)c1)c1cc(C)sc1C. The lowest BCUT2D eigenvalue weighted by Crippen LogP contribution is -2.23. The molecule has 1 aromatic carbocycles. The van der Waals surface area contributed by atoms with Crippen molar-refractivity contribution in [1.29, 1.82) is 0 Å². The fraction of sp³-hybridized carbons (Fsp3) is 0.312. The predicted molar refractivity (Wildman–Crippen MR) is 88.2 cm³/mol. The minimum Gasteiger partial charge on any atom is -0.464 e. The summed E-state index contributed by atoms with van der Waals surface area (Å²) in [5, 5.41) is 3.85. The van der Waals surface area contributed by atoms with Gasteiger partial charge in [0.2, 0.25) is 0 Å². The molecule has 0 bridgehead atoms. The Hall–Kier alpha value is -1.52. The summed E-state index contributed by atoms with van der Waals surface area (Å²) >= 11 is 7.67. The van der Waals surface area contributed by atoms with E-state index < -0.39 is 6.04 Å². The van der Waals surface area contributed by atoms with Crippen LogP contribution in [0.25, 0.3) is 0 Å². The third-order valence-electron chi connectivity index (χ3n) is 3.05. The van der Waals surface area contributed by atoms with Gasteiger partial charge in [-0.3, -0.25) is 0 Å². The number of benzene rings is 1. The van der Waals surface area contributed by atoms with Crippen LogP contribution in [-0.4, -0.2) is 12.6 Å². The second kappa shape index (κ2) is 6.96. The molecule has 0 aliphatic rings. The van der Waals surface area contributed by atoms with Crippen LogP contribution in [0.1, 0.15) is 28.3 Å². The Bertz CT molecular complexity index is 639. The Morgan fingerprint density at radius 3 is 2.71 bits per heavy atom. The molecular weight excluding hydrogens is 306 g/mol. The number of rotatable bonds is 5. The van der Waals surface area contributed by atoms with Crippen LogP contribution in [0.4, 0.5) is 5.69 Å². The van der Waals surface area contributed by atoms with Crippen LogP contribution >= 0.6 is 22.9 Å². The van der Waals surface area contributed by atoms with Crippen molar-refractivity contribution in [2.45, 2.75) is 26.8 Å². The fourth-order valence-corrected chi connectivity index (χ4v) is 3.33. The lowest BCUT2D eigenvalue weighted by atomic mass is 10.1. The number of esters is 1. The summed E-state index contributed by atoms with van der Waals surface area (Å²) in [5.74, 6) is -0.279. The van der Waals surface area contributed by atoms with Gasteiger partial charge < -0.3 is 10.1 Å². The Balaban J connectivity index is 2.32. The molecule has 0 saturated carbocycles. The molecule has 2 rings (SSSR count). The Kier molecular flexibility index (Phi) is 5.26. The number of aryl methyl sites for hydroxylation is 2. The van der Waals surface area contributed by atoms with E-state index >= 15 is 0 Å². The number of hydrogen-bond donors (Lipinski definition) is 1. The van der Waals surface area contributed by atoms with Crippen molar-refractivity contribution in [1.82, 2.24) is 0 Å². The monoisotopic (exact) mass is 323 g/mol. The van der Waals surface area contributed by atoms with E-state index in [4.69, 9.17) is 16.3 Å². The topological polar surface area (TPSA) is 38.3 Å². The largest absolute Gasteiger partial charge is 0.464 e. The second-order valence-electron chi connectivity index (χ2n) is 4.71. The minimum atomic E-state index is -0.520. The lowest BCUT2D eigenvalue weighted by Gasteiger charge is -2.18. The number of carbonyl (C=O) groups is 1. The highest BCUT2D eigenvalue weighted by Crippen LogP contribution is 2.30. The molecule has 5 heteroatoms. The summed E-state index contributed by atoms with van der Waals surface area (Å²) in [6.07, 6.45) is 0. The first-order valence-corrected chi connectivity index (χ1v) is 7.96. The molecule has 1 aromatic heterocycles. The van der Waals surface area contributed by atoms with E-state index in [-0.39, 0.29) is 5.97 Å². The van der Waals surface area contributed by atoms with Crippen molar-refractivity contribution >= 4 is 34.6 Å². The Morgan fingerprint density at radius 1 is 1.38 bits per heavy atom. The molecule has 2 aromatic rings. The average Bonchev–Trinajstić information content (AvgIpc) is 2.75. The lowest BCUT2D eigenvalue weighted by molar-refractivity contribution is -0.144. The van der Waals surface area contributed by atoms with E-state index in [1.54, 1.807) is 30.4 Å². The molecule has 0 aliphatic carbocycles. The van der Waals surface area contributed by atoms with E-state index in [0.717, 1.165) is 16.1 Å². The third kappa shape index (κ3) is 3.99. The molecular formula is C16H18ClNO2S. The number of hydrogen-bond acceptors (Lipinski definition) is 4. The number of ether oxygens (including phenoxy) is 1. The van der Waals surface area contributed by atoms with Gasteiger partial charge in [-0.2, -0.15) is 0 Å². The van der Waals surface area contributed by atoms with Gasteiger partial charge in [0.25, 0.3) is 0 Å². The van der Waals surface area contributed by atoms with Crippen LogP contribution in [0, 0.1) is 13.8 Å². The molecule has 0 fully saturated rings. The minimum absolute atomic E-state index is 0.279. The number of nitrogens with one attached hydrogen (secondary N) is 1. The second-order valence-corrected chi connectivity index (χ2v) is 6.61. The van der Waals surface area contributed by atoms with E-state index in [2.05, 4.69) is 5.32 Å². The highest BCUT2D eigenvalue weighted by molar-refractivity contribution is 7.12. The zero-order valence-corrected chi connectivity index (χ0v) is 13.8. The third-order valence-corrected chi connectivity index (χ3v) is 4.27. The molecule has 1 heterocycles. The highest BCUT2D eigenvalue weighted by Gasteiger charge is 2.25. The number of carbonyl (C=O) groups excluding carboxylic acids is 1. The summed E-state index contributed by atoms with van der Waals surface area (Å²) in [5.41, 5.74) is 1.75. The Morgan fingerprint density at radius 2 is 2.14 bits per heavy atom. The predicted octanol–water partition coefficient (Wildman–Crippen LogP) is 4.73. The summed E-state index contributed by atoms with van der Waals surface area (Å²) in [4.78, 5) is 14.6. The van der Waals surface area contributed by atoms with Crippen LogP contribution in [0.15, 0.2) is 30.3 Å². The van der Waals surface area contributed by atoms with Crippen molar-refractivity contribution in [2.75, 3.05) is 11.9 Å². The molecule has 1 N–H and O–H groups in total. The molecule has 0 radical (unpaired) electrons. The van der Waals surface area contributed by atoms with Gasteiger partial charge >= 0.3 is 5.97 Å². The molecule has 0 spiro atoms. The van der Waals surface area contributed by atoms with E-state index in [1.807, 2.05) is 32.0 Å². The van der Waals surface area contributed by atoms with Gasteiger partial charge in [-0.1, -0.05) is 17.7 Å². The molecule has 0 aliphatic heterocycles. The van der Waals surface area contributed by atoms with Gasteiger partial charge in [0.15, 0.2) is 6.04 Å². The van der Waals surface area contributed by atoms with Crippen LogP contribution in [-0.2, 0) is 9.53 Å².